The molecule has 0 amide bonds. The summed E-state index contributed by atoms with van der Waals surface area (Å²) < 4.78 is 14.6. The Bertz CT molecular complexity index is 234. The van der Waals surface area contributed by atoms with E-state index in [0.29, 0.717) is 5.57 Å². The molecule has 1 unspecified atom stereocenters. The van der Waals surface area contributed by atoms with Crippen LogP contribution in [0, 0.1) is 6.92 Å². The highest BCUT2D eigenvalue weighted by Crippen LogP contribution is 2.11. The first-order chi connectivity index (χ1) is 4.20. The van der Waals surface area contributed by atoms with Crippen molar-refractivity contribution in [3.05, 3.63) is 5.01 Å². The molecular formula is C4H7N2OPS. The van der Waals surface area contributed by atoms with Gasteiger partial charge in [0.05, 0.1) is 0 Å². The summed E-state index contributed by atoms with van der Waals surface area (Å²) in [7, 11) is -1.65. The highest BCUT2D eigenvalue weighted by molar-refractivity contribution is 7.52. The van der Waals surface area contributed by atoms with Crippen molar-refractivity contribution >= 4 is 24.9 Å². The van der Waals surface area contributed by atoms with Crippen molar-refractivity contribution in [2.24, 2.45) is 0 Å². The summed E-state index contributed by atoms with van der Waals surface area (Å²) in [5, 5.41) is 0.880. The molecule has 0 spiro atoms. The van der Waals surface area contributed by atoms with Gasteiger partial charge in [-0.15, -0.1) is 0 Å². The first-order valence-corrected chi connectivity index (χ1v) is 5.19. The Labute approximate surface area is 58.1 Å². The average molecular weight is 162 g/mol. The summed E-state index contributed by atoms with van der Waals surface area (Å²) >= 11 is 1.30. The number of aryl methyl sites for hydroxylation is 1. The second-order valence-electron chi connectivity index (χ2n) is 1.69. The Balaban J connectivity index is 2.98. The topological polar surface area (TPSA) is 42.9 Å². The number of rotatable bonds is 1. The van der Waals surface area contributed by atoms with Gasteiger partial charge in [0.25, 0.3) is 0 Å². The Morgan fingerprint density at radius 1 is 1.67 bits per heavy atom. The smallest absolute Gasteiger partial charge is 0.198 e. The van der Waals surface area contributed by atoms with Gasteiger partial charge in [-0.2, -0.15) is 4.37 Å². The van der Waals surface area contributed by atoms with Gasteiger partial charge in [-0.3, -0.25) is 0 Å². The van der Waals surface area contributed by atoms with E-state index in [9.17, 15) is 4.57 Å². The Hall–Kier alpha value is -0.210. The molecule has 1 aromatic heterocycles. The molecule has 1 heterocycles. The van der Waals surface area contributed by atoms with Crippen LogP contribution in [0.2, 0.25) is 0 Å². The summed E-state index contributed by atoms with van der Waals surface area (Å²) in [6.07, 6.45) is 0. The largest absolute Gasteiger partial charge is 0.319 e. The molecule has 0 bridgehead atoms. The molecule has 0 aromatic carbocycles. The van der Waals surface area contributed by atoms with Crippen molar-refractivity contribution in [1.82, 2.24) is 9.36 Å². The lowest BCUT2D eigenvalue weighted by atomic mass is 10.8. The molecule has 0 aliphatic heterocycles. The van der Waals surface area contributed by atoms with Gasteiger partial charge >= 0.3 is 0 Å². The number of hydrogen-bond acceptors (Lipinski definition) is 4. The van der Waals surface area contributed by atoms with Crippen molar-refractivity contribution in [2.45, 2.75) is 6.92 Å². The SMILES string of the molecule is Cc1nc([PH](C)=O)ns1. The van der Waals surface area contributed by atoms with E-state index in [1.165, 1.54) is 11.5 Å². The summed E-state index contributed by atoms with van der Waals surface area (Å²) in [4.78, 5) is 3.95. The molecule has 0 saturated heterocycles. The molecule has 5 heteroatoms. The van der Waals surface area contributed by atoms with Crippen molar-refractivity contribution < 1.29 is 4.57 Å². The highest BCUT2D eigenvalue weighted by atomic mass is 32.1. The second-order valence-corrected chi connectivity index (χ2v) is 4.21. The third kappa shape index (κ3) is 1.60. The minimum absolute atomic E-state index is 0.516. The van der Waals surface area contributed by atoms with Crippen molar-refractivity contribution in [2.75, 3.05) is 6.66 Å². The molecule has 0 aliphatic carbocycles. The fraction of sp³-hybridized carbons (Fsp3) is 0.500. The lowest BCUT2D eigenvalue weighted by Crippen LogP contribution is -1.98. The Morgan fingerprint density at radius 3 is 2.56 bits per heavy atom. The van der Waals surface area contributed by atoms with Crippen LogP contribution < -0.4 is 5.57 Å². The van der Waals surface area contributed by atoms with Gasteiger partial charge in [-0.05, 0) is 25.1 Å². The number of hydrogen-bond donors (Lipinski definition) is 0. The zero-order chi connectivity index (χ0) is 6.85. The van der Waals surface area contributed by atoms with Crippen molar-refractivity contribution in [1.29, 1.82) is 0 Å². The summed E-state index contributed by atoms with van der Waals surface area (Å²) in [6.45, 7) is 3.50. The fourth-order valence-electron chi connectivity index (χ4n) is 0.442. The van der Waals surface area contributed by atoms with E-state index in [0.717, 1.165) is 5.01 Å². The molecular weight excluding hydrogens is 155 g/mol. The molecule has 0 saturated carbocycles. The van der Waals surface area contributed by atoms with Gasteiger partial charge in [-0.25, -0.2) is 4.98 Å². The van der Waals surface area contributed by atoms with E-state index in [2.05, 4.69) is 9.36 Å². The molecule has 3 nitrogen and oxygen atoms in total. The van der Waals surface area contributed by atoms with Crippen LogP contribution in [0.3, 0.4) is 0 Å². The Morgan fingerprint density at radius 2 is 2.33 bits per heavy atom. The van der Waals surface area contributed by atoms with Crippen molar-refractivity contribution in [3.8, 4) is 0 Å². The lowest BCUT2D eigenvalue weighted by Gasteiger charge is -1.79. The zero-order valence-corrected chi connectivity index (χ0v) is 7.03. The molecule has 50 valence electrons. The van der Waals surface area contributed by atoms with Crippen LogP contribution in [0.4, 0.5) is 0 Å². The van der Waals surface area contributed by atoms with Crippen LogP contribution in [-0.2, 0) is 4.57 Å². The van der Waals surface area contributed by atoms with Crippen LogP contribution in [0.25, 0.3) is 0 Å². The van der Waals surface area contributed by atoms with Crippen molar-refractivity contribution in [3.63, 3.8) is 0 Å². The van der Waals surface area contributed by atoms with E-state index in [1.54, 1.807) is 6.66 Å². The standard InChI is InChI=1S/C4H7N2OPS/c1-3-5-4(6-9-3)8(2)7/h8H,1-2H3. The zero-order valence-electron chi connectivity index (χ0n) is 5.21. The predicted molar refractivity (Wildman–Crippen MR) is 39.2 cm³/mol. The van der Waals surface area contributed by atoms with Gasteiger partial charge in [0.15, 0.2) is 5.57 Å². The maximum absolute atomic E-state index is 10.7. The lowest BCUT2D eigenvalue weighted by molar-refractivity contribution is 0.595. The predicted octanol–water partition coefficient (Wildman–Crippen LogP) is 0.661. The molecule has 9 heavy (non-hydrogen) atoms. The molecule has 1 rings (SSSR count). The highest BCUT2D eigenvalue weighted by Gasteiger charge is 2.01. The summed E-state index contributed by atoms with van der Waals surface area (Å²) in [6, 6.07) is 0. The molecule has 0 radical (unpaired) electrons. The molecule has 1 atom stereocenters. The quantitative estimate of drug-likeness (QED) is 0.570. The van der Waals surface area contributed by atoms with Crippen LogP contribution in [0.5, 0.6) is 0 Å². The van der Waals surface area contributed by atoms with E-state index >= 15 is 0 Å². The van der Waals surface area contributed by atoms with Gasteiger partial charge in [0.2, 0.25) is 0 Å². The van der Waals surface area contributed by atoms with Crippen LogP contribution in [0.1, 0.15) is 5.01 Å². The van der Waals surface area contributed by atoms with E-state index in [1.807, 2.05) is 6.92 Å². The number of nitrogens with zero attached hydrogens (tertiary/aromatic N) is 2. The maximum atomic E-state index is 10.7. The summed E-state index contributed by atoms with van der Waals surface area (Å²) in [5.41, 5.74) is 0.516. The minimum Gasteiger partial charge on any atom is -0.319 e. The van der Waals surface area contributed by atoms with E-state index in [-0.39, 0.29) is 0 Å². The molecule has 0 aliphatic rings. The Kier molecular flexibility index (Phi) is 1.98. The van der Waals surface area contributed by atoms with Gasteiger partial charge < -0.3 is 4.57 Å². The number of aromatic nitrogens is 2. The van der Waals surface area contributed by atoms with Crippen LogP contribution >= 0.6 is 19.3 Å². The second kappa shape index (κ2) is 2.58. The van der Waals surface area contributed by atoms with Gasteiger partial charge in [-0.1, -0.05) is 0 Å². The maximum Gasteiger partial charge on any atom is 0.198 e. The average Bonchev–Trinajstić information content (AvgIpc) is 2.14. The normalized spacial score (nSPS) is 13.6. The first kappa shape index (κ1) is 6.90. The third-order valence-corrected chi connectivity index (χ3v) is 2.48. The van der Waals surface area contributed by atoms with E-state index in [4.69, 9.17) is 0 Å². The molecule has 1 aromatic rings. The monoisotopic (exact) mass is 162 g/mol. The van der Waals surface area contributed by atoms with Crippen LogP contribution in [0.15, 0.2) is 0 Å². The first-order valence-electron chi connectivity index (χ1n) is 2.51. The summed E-state index contributed by atoms with van der Waals surface area (Å²) in [5.74, 6) is 0. The molecule has 0 fully saturated rings. The minimum atomic E-state index is -1.65. The molecule has 0 N–H and O–H groups in total. The third-order valence-electron chi connectivity index (χ3n) is 0.842. The van der Waals surface area contributed by atoms with Crippen LogP contribution in [-0.4, -0.2) is 16.0 Å². The van der Waals surface area contributed by atoms with Gasteiger partial charge in [0, 0.05) is 0 Å². The van der Waals surface area contributed by atoms with E-state index < -0.39 is 7.80 Å². The van der Waals surface area contributed by atoms with Gasteiger partial charge in [0.1, 0.15) is 12.8 Å². The fourth-order valence-corrected chi connectivity index (χ4v) is 1.89.